The summed E-state index contributed by atoms with van der Waals surface area (Å²) in [4.78, 5) is 24.6. The maximum absolute atomic E-state index is 12.5. The predicted molar refractivity (Wildman–Crippen MR) is 184 cm³/mol. The van der Waals surface area contributed by atoms with Gasteiger partial charge in [0.05, 0.1) is 35.1 Å². The Kier molecular flexibility index (Phi) is 12.5. The van der Waals surface area contributed by atoms with E-state index in [-0.39, 0.29) is 12.2 Å². The molecule has 45 heavy (non-hydrogen) atoms. The lowest BCUT2D eigenvalue weighted by atomic mass is 9.95. The van der Waals surface area contributed by atoms with E-state index in [1.165, 1.54) is 7.11 Å². The number of amides is 2. The van der Waals surface area contributed by atoms with Crippen LogP contribution in [0.25, 0.3) is 0 Å². The van der Waals surface area contributed by atoms with Crippen LogP contribution in [0.5, 0.6) is 17.2 Å². The topological polar surface area (TPSA) is 140 Å². The van der Waals surface area contributed by atoms with Gasteiger partial charge in [-0.25, -0.2) is 9.59 Å². The lowest BCUT2D eigenvalue weighted by molar-refractivity contribution is -0.136. The second kappa shape index (κ2) is 16.3. The molecule has 0 saturated carbocycles. The molecule has 3 aromatic rings. The largest absolute Gasteiger partial charge is 0.490 e. The average Bonchev–Trinajstić information content (AvgIpc) is 3.00. The molecule has 4 rings (SSSR count). The minimum absolute atomic E-state index is 0.157. The minimum Gasteiger partial charge on any atom is -0.490 e. The predicted octanol–water partition coefficient (Wildman–Crippen LogP) is 5.92. The summed E-state index contributed by atoms with van der Waals surface area (Å²) in [5.74, 6) is 0.816. The fraction of sp³-hybridized carbons (Fsp3) is 0.258. The van der Waals surface area contributed by atoms with E-state index in [1.54, 1.807) is 31.3 Å². The van der Waals surface area contributed by atoms with Gasteiger partial charge in [0.1, 0.15) is 19.0 Å². The molecule has 1 heterocycles. The van der Waals surface area contributed by atoms with Gasteiger partial charge < -0.3 is 34.7 Å². The van der Waals surface area contributed by atoms with E-state index in [4.69, 9.17) is 18.9 Å². The second-order valence-corrected chi connectivity index (χ2v) is 12.6. The molecular formula is C31H31Br2IN4O7. The first-order chi connectivity index (χ1) is 21.6. The molecule has 0 bridgehead atoms. The Morgan fingerprint density at radius 2 is 1.84 bits per heavy atom. The summed E-state index contributed by atoms with van der Waals surface area (Å²) in [6.45, 7) is 4.00. The van der Waals surface area contributed by atoms with Crippen LogP contribution in [0.15, 0.2) is 79.9 Å². The first-order valence-corrected chi connectivity index (χ1v) is 16.3. The van der Waals surface area contributed by atoms with E-state index < -0.39 is 24.3 Å². The molecule has 0 unspecified atom stereocenters. The molecule has 0 saturated heterocycles. The molecule has 0 radical (unpaired) electrons. The van der Waals surface area contributed by atoms with Crippen molar-refractivity contribution < 1.29 is 33.6 Å². The summed E-state index contributed by atoms with van der Waals surface area (Å²) in [6, 6.07) is 15.5. The third-order valence-corrected chi connectivity index (χ3v) is 8.22. The number of aliphatic hydroxyl groups excluding tert-OH is 1. The summed E-state index contributed by atoms with van der Waals surface area (Å²) in [6.07, 6.45) is 0.406. The molecule has 0 aliphatic carbocycles. The first kappa shape index (κ1) is 34.5. The maximum Gasteiger partial charge on any atom is 0.337 e. The summed E-state index contributed by atoms with van der Waals surface area (Å²) >= 11 is 9.16. The van der Waals surface area contributed by atoms with E-state index >= 15 is 0 Å². The van der Waals surface area contributed by atoms with Gasteiger partial charge in [-0.3, -0.25) is 5.43 Å². The number of benzene rings is 3. The number of allylic oxidation sites excluding steroid dienone is 1. The number of urea groups is 1. The number of methoxy groups -OCH3 is 1. The molecule has 0 fully saturated rings. The van der Waals surface area contributed by atoms with Crippen LogP contribution in [0.2, 0.25) is 0 Å². The van der Waals surface area contributed by atoms with Crippen LogP contribution < -0.4 is 30.3 Å². The summed E-state index contributed by atoms with van der Waals surface area (Å²) in [7, 11) is 1.28. The lowest BCUT2D eigenvalue weighted by Gasteiger charge is -2.28. The highest BCUT2D eigenvalue weighted by Crippen LogP contribution is 2.35. The Balaban J connectivity index is 1.42. The van der Waals surface area contributed by atoms with Gasteiger partial charge in [0, 0.05) is 20.2 Å². The normalized spacial score (nSPS) is 15.3. The van der Waals surface area contributed by atoms with Crippen LogP contribution >= 0.6 is 54.5 Å². The van der Waals surface area contributed by atoms with E-state index in [2.05, 4.69) is 75.6 Å². The fourth-order valence-corrected chi connectivity index (χ4v) is 6.35. The van der Waals surface area contributed by atoms with Crippen LogP contribution in [0.3, 0.4) is 0 Å². The molecule has 4 N–H and O–H groups in total. The summed E-state index contributed by atoms with van der Waals surface area (Å²) < 4.78 is 25.4. The quantitative estimate of drug-likeness (QED) is 0.0547. The maximum atomic E-state index is 12.5. The van der Waals surface area contributed by atoms with Crippen molar-refractivity contribution in [3.05, 3.63) is 95.1 Å². The van der Waals surface area contributed by atoms with Crippen molar-refractivity contribution in [2.75, 3.05) is 20.3 Å². The van der Waals surface area contributed by atoms with Crippen LogP contribution in [0.1, 0.15) is 36.6 Å². The smallest absolute Gasteiger partial charge is 0.337 e. The standard InChI is InChI=1S/C31H31Br2IN4O7/c1-4-43-25-12-19(28-27(30(40)42-3)17(2)36-31(41)37-28)7-10-24(25)44-16-26(39)38-35-14-20-11-22(33)13-23(34)29(20)45-15-18-5-8-21(32)9-6-18/h5-14,26,28,38-39H,4,15-16H2,1-3H3,(H2,36,37,41)/b35-14+/t26-,28+/m1/s1. The highest BCUT2D eigenvalue weighted by molar-refractivity contribution is 14.1. The molecule has 0 aromatic heterocycles. The molecule has 2 atom stereocenters. The van der Waals surface area contributed by atoms with Gasteiger partial charge in [-0.2, -0.15) is 5.10 Å². The molecule has 3 aromatic carbocycles. The van der Waals surface area contributed by atoms with Gasteiger partial charge in [0.2, 0.25) is 0 Å². The fourth-order valence-electron chi connectivity index (χ4n) is 4.38. The Morgan fingerprint density at radius 1 is 1.09 bits per heavy atom. The Bertz CT molecular complexity index is 1600. The van der Waals surface area contributed by atoms with Gasteiger partial charge in [0.15, 0.2) is 17.7 Å². The zero-order valence-electron chi connectivity index (χ0n) is 24.5. The van der Waals surface area contributed by atoms with Crippen LogP contribution in [0, 0.1) is 3.57 Å². The summed E-state index contributed by atoms with van der Waals surface area (Å²) in [5, 5.41) is 20.1. The van der Waals surface area contributed by atoms with Gasteiger partial charge in [0.25, 0.3) is 0 Å². The van der Waals surface area contributed by atoms with E-state index in [9.17, 15) is 14.7 Å². The number of carbonyl (C=O) groups excluding carboxylic acids is 2. The number of hydrazone groups is 1. The number of ether oxygens (including phenoxy) is 4. The number of nitrogens with one attached hydrogen (secondary N) is 3. The molecule has 11 nitrogen and oxygen atoms in total. The highest BCUT2D eigenvalue weighted by Gasteiger charge is 2.32. The zero-order chi connectivity index (χ0) is 32.5. The monoisotopic (exact) mass is 856 g/mol. The van der Waals surface area contributed by atoms with Crippen molar-refractivity contribution in [2.24, 2.45) is 5.10 Å². The van der Waals surface area contributed by atoms with Gasteiger partial charge in [-0.05, 0) is 84.0 Å². The van der Waals surface area contributed by atoms with Gasteiger partial charge >= 0.3 is 12.0 Å². The van der Waals surface area contributed by atoms with E-state index in [1.807, 2.05) is 43.3 Å². The number of hydrogen-bond donors (Lipinski definition) is 4. The second-order valence-electron chi connectivity index (χ2n) is 9.64. The first-order valence-electron chi connectivity index (χ1n) is 13.7. The number of rotatable bonds is 13. The number of esters is 1. The Labute approximate surface area is 291 Å². The Morgan fingerprint density at radius 3 is 2.56 bits per heavy atom. The van der Waals surface area contributed by atoms with Crippen molar-refractivity contribution in [1.29, 1.82) is 0 Å². The molecule has 238 valence electrons. The van der Waals surface area contributed by atoms with E-state index in [0.717, 1.165) is 18.1 Å². The molecule has 1 aliphatic heterocycles. The van der Waals surface area contributed by atoms with Crippen molar-refractivity contribution in [2.45, 2.75) is 32.7 Å². The zero-order valence-corrected chi connectivity index (χ0v) is 29.9. The third kappa shape index (κ3) is 9.34. The van der Waals surface area contributed by atoms with Crippen LogP contribution in [-0.2, 0) is 16.1 Å². The Hall–Kier alpha value is -3.34. The number of aliphatic hydroxyl groups is 1. The summed E-state index contributed by atoms with van der Waals surface area (Å²) in [5.41, 5.74) is 5.64. The van der Waals surface area contributed by atoms with Crippen LogP contribution in [0.4, 0.5) is 4.79 Å². The number of carbonyl (C=O) groups is 2. The number of halogens is 3. The van der Waals surface area contributed by atoms with Gasteiger partial charge in [-0.1, -0.05) is 50.1 Å². The van der Waals surface area contributed by atoms with Crippen molar-refractivity contribution in [1.82, 2.24) is 16.1 Å². The number of hydrogen-bond acceptors (Lipinski definition) is 9. The average molecular weight is 858 g/mol. The van der Waals surface area contributed by atoms with E-state index in [0.29, 0.717) is 47.3 Å². The molecule has 0 spiro atoms. The van der Waals surface area contributed by atoms with Crippen molar-refractivity contribution in [3.8, 4) is 17.2 Å². The molecular weight excluding hydrogens is 827 g/mol. The highest BCUT2D eigenvalue weighted by atomic mass is 127. The molecule has 14 heteroatoms. The SMILES string of the molecule is CCOc1cc([C@@H]2NC(=O)NC(C)=C2C(=O)OC)ccc1OC[C@@H](O)N/N=C/c1cc(Br)cc(I)c1OCc1ccc(Br)cc1. The van der Waals surface area contributed by atoms with Crippen molar-refractivity contribution in [3.63, 3.8) is 0 Å². The van der Waals surface area contributed by atoms with Crippen molar-refractivity contribution >= 4 is 72.7 Å². The van der Waals surface area contributed by atoms with Crippen LogP contribution in [-0.4, -0.2) is 49.9 Å². The molecule has 1 aliphatic rings. The lowest BCUT2D eigenvalue weighted by Crippen LogP contribution is -2.45. The minimum atomic E-state index is -1.16. The van der Waals surface area contributed by atoms with Gasteiger partial charge in [-0.15, -0.1) is 0 Å². The molecule has 2 amide bonds. The number of nitrogens with zero attached hydrogens (tertiary/aromatic N) is 1. The third-order valence-electron chi connectivity index (χ3n) is 6.43.